The highest BCUT2D eigenvalue weighted by atomic mass is 16.5. The van der Waals surface area contributed by atoms with Gasteiger partial charge in [0.15, 0.2) is 0 Å². The SMILES string of the molecule is CC(C)Oc1ccc(CNC(=O)c2ccc(CN3CCC(Cc4ccccc4)CC3)cc2)cc1. The van der Waals surface area contributed by atoms with Crippen molar-refractivity contribution in [3.63, 3.8) is 0 Å². The molecular formula is C30H36N2O2. The molecule has 1 N–H and O–H groups in total. The van der Waals surface area contributed by atoms with Crippen LogP contribution in [0.25, 0.3) is 0 Å². The molecule has 0 atom stereocenters. The van der Waals surface area contributed by atoms with Crippen LogP contribution < -0.4 is 10.1 Å². The molecule has 0 aromatic heterocycles. The Morgan fingerprint density at radius 3 is 2.18 bits per heavy atom. The second-order valence-electron chi connectivity index (χ2n) is 9.60. The van der Waals surface area contributed by atoms with Gasteiger partial charge in [0.25, 0.3) is 5.91 Å². The van der Waals surface area contributed by atoms with Gasteiger partial charge in [0, 0.05) is 18.7 Å². The van der Waals surface area contributed by atoms with E-state index < -0.39 is 0 Å². The molecule has 0 aliphatic carbocycles. The van der Waals surface area contributed by atoms with Crippen molar-refractivity contribution in [1.29, 1.82) is 0 Å². The number of hydrogen-bond acceptors (Lipinski definition) is 3. The van der Waals surface area contributed by atoms with Gasteiger partial charge in [0.2, 0.25) is 0 Å². The Kier molecular flexibility index (Phi) is 8.37. The van der Waals surface area contributed by atoms with Crippen molar-refractivity contribution in [1.82, 2.24) is 10.2 Å². The summed E-state index contributed by atoms with van der Waals surface area (Å²) >= 11 is 0. The number of nitrogens with one attached hydrogen (secondary N) is 1. The highest BCUT2D eigenvalue weighted by molar-refractivity contribution is 5.94. The molecule has 1 aliphatic heterocycles. The van der Waals surface area contributed by atoms with E-state index in [9.17, 15) is 4.79 Å². The topological polar surface area (TPSA) is 41.6 Å². The first-order chi connectivity index (χ1) is 16.5. The van der Waals surface area contributed by atoms with Crippen LogP contribution >= 0.6 is 0 Å². The van der Waals surface area contributed by atoms with E-state index in [1.165, 1.54) is 30.4 Å². The quantitative estimate of drug-likeness (QED) is 0.439. The van der Waals surface area contributed by atoms with Crippen LogP contribution in [0.2, 0.25) is 0 Å². The number of likely N-dealkylation sites (tertiary alicyclic amines) is 1. The van der Waals surface area contributed by atoms with Gasteiger partial charge in [-0.05, 0) is 93.1 Å². The summed E-state index contributed by atoms with van der Waals surface area (Å²) in [5.74, 6) is 1.58. The van der Waals surface area contributed by atoms with Crippen LogP contribution in [0.15, 0.2) is 78.9 Å². The Bertz CT molecular complexity index is 1020. The number of hydrogen-bond donors (Lipinski definition) is 1. The highest BCUT2D eigenvalue weighted by Crippen LogP contribution is 2.23. The van der Waals surface area contributed by atoms with E-state index in [0.717, 1.165) is 36.9 Å². The third-order valence-electron chi connectivity index (χ3n) is 6.44. The van der Waals surface area contributed by atoms with Gasteiger partial charge in [-0.2, -0.15) is 0 Å². The van der Waals surface area contributed by atoms with Crippen molar-refractivity contribution >= 4 is 5.91 Å². The summed E-state index contributed by atoms with van der Waals surface area (Å²) in [5, 5.41) is 3.01. The Morgan fingerprint density at radius 1 is 0.882 bits per heavy atom. The minimum absolute atomic E-state index is 0.0456. The van der Waals surface area contributed by atoms with Crippen molar-refractivity contribution in [2.45, 2.75) is 52.3 Å². The summed E-state index contributed by atoms with van der Waals surface area (Å²) in [4.78, 5) is 15.1. The molecular weight excluding hydrogens is 420 g/mol. The number of benzene rings is 3. The fourth-order valence-corrected chi connectivity index (χ4v) is 4.56. The van der Waals surface area contributed by atoms with Gasteiger partial charge in [-0.25, -0.2) is 0 Å². The first-order valence-corrected chi connectivity index (χ1v) is 12.4. The molecule has 1 saturated heterocycles. The van der Waals surface area contributed by atoms with Crippen LogP contribution in [-0.2, 0) is 19.5 Å². The van der Waals surface area contributed by atoms with Gasteiger partial charge in [-0.3, -0.25) is 9.69 Å². The van der Waals surface area contributed by atoms with E-state index >= 15 is 0 Å². The van der Waals surface area contributed by atoms with E-state index in [4.69, 9.17) is 4.74 Å². The van der Waals surface area contributed by atoms with Crippen molar-refractivity contribution < 1.29 is 9.53 Å². The zero-order valence-corrected chi connectivity index (χ0v) is 20.4. The molecule has 1 amide bonds. The van der Waals surface area contributed by atoms with Gasteiger partial charge in [-0.15, -0.1) is 0 Å². The fraction of sp³-hybridized carbons (Fsp3) is 0.367. The predicted molar refractivity (Wildman–Crippen MR) is 138 cm³/mol. The minimum Gasteiger partial charge on any atom is -0.491 e. The smallest absolute Gasteiger partial charge is 0.251 e. The number of carbonyl (C=O) groups excluding carboxylic acids is 1. The Morgan fingerprint density at radius 2 is 1.53 bits per heavy atom. The summed E-state index contributed by atoms with van der Waals surface area (Å²) in [5.41, 5.74) is 4.47. The lowest BCUT2D eigenvalue weighted by molar-refractivity contribution is 0.0951. The molecule has 0 radical (unpaired) electrons. The monoisotopic (exact) mass is 456 g/mol. The van der Waals surface area contributed by atoms with Crippen LogP contribution in [0.1, 0.15) is 53.7 Å². The summed E-state index contributed by atoms with van der Waals surface area (Å²) < 4.78 is 5.67. The summed E-state index contributed by atoms with van der Waals surface area (Å²) in [6.07, 6.45) is 3.84. The van der Waals surface area contributed by atoms with E-state index in [1.54, 1.807) is 0 Å². The Hall–Kier alpha value is -3.11. The second kappa shape index (κ2) is 11.8. The molecule has 1 heterocycles. The molecule has 1 fully saturated rings. The van der Waals surface area contributed by atoms with Crippen LogP contribution in [0.4, 0.5) is 0 Å². The van der Waals surface area contributed by atoms with Gasteiger partial charge < -0.3 is 10.1 Å². The maximum Gasteiger partial charge on any atom is 0.251 e. The average molecular weight is 457 g/mol. The number of carbonyl (C=O) groups is 1. The standard InChI is InChI=1S/C30H36N2O2/c1-23(2)34-29-14-10-26(11-15-29)21-31-30(33)28-12-8-27(9-13-28)22-32-18-16-25(17-19-32)20-24-6-4-3-5-7-24/h3-15,23,25H,16-22H2,1-2H3,(H,31,33). The molecule has 3 aromatic carbocycles. The van der Waals surface area contributed by atoms with Gasteiger partial charge in [0.05, 0.1) is 6.10 Å². The summed E-state index contributed by atoms with van der Waals surface area (Å²) in [6, 6.07) is 26.7. The zero-order valence-electron chi connectivity index (χ0n) is 20.4. The predicted octanol–water partition coefficient (Wildman–Crippen LogP) is 5.86. The number of rotatable bonds is 9. The van der Waals surface area contributed by atoms with Crippen LogP contribution in [0.5, 0.6) is 5.75 Å². The molecule has 3 aromatic rings. The maximum atomic E-state index is 12.6. The highest BCUT2D eigenvalue weighted by Gasteiger charge is 2.19. The largest absolute Gasteiger partial charge is 0.491 e. The first-order valence-electron chi connectivity index (χ1n) is 12.4. The molecule has 4 heteroatoms. The average Bonchev–Trinajstić information content (AvgIpc) is 2.85. The molecule has 1 aliphatic rings. The number of amides is 1. The molecule has 0 unspecified atom stereocenters. The zero-order chi connectivity index (χ0) is 23.8. The third kappa shape index (κ3) is 7.19. The fourth-order valence-electron chi connectivity index (χ4n) is 4.56. The van der Waals surface area contributed by atoms with Crippen molar-refractivity contribution in [2.75, 3.05) is 13.1 Å². The van der Waals surface area contributed by atoms with E-state index in [2.05, 4.69) is 52.7 Å². The molecule has 0 bridgehead atoms. The Labute approximate surface area is 204 Å². The minimum atomic E-state index is -0.0456. The number of nitrogens with zero attached hydrogens (tertiary/aromatic N) is 1. The molecule has 0 saturated carbocycles. The van der Waals surface area contributed by atoms with Crippen LogP contribution in [-0.4, -0.2) is 30.0 Å². The lowest BCUT2D eigenvalue weighted by Crippen LogP contribution is -2.33. The van der Waals surface area contributed by atoms with Crippen molar-refractivity contribution in [3.8, 4) is 5.75 Å². The normalized spacial score (nSPS) is 14.8. The van der Waals surface area contributed by atoms with Crippen LogP contribution in [0.3, 0.4) is 0 Å². The van der Waals surface area contributed by atoms with Crippen molar-refractivity contribution in [3.05, 3.63) is 101 Å². The van der Waals surface area contributed by atoms with E-state index in [1.807, 2.05) is 50.2 Å². The van der Waals surface area contributed by atoms with Gasteiger partial charge in [0.1, 0.15) is 5.75 Å². The van der Waals surface area contributed by atoms with Gasteiger partial charge >= 0.3 is 0 Å². The Balaban J connectivity index is 1.20. The lowest BCUT2D eigenvalue weighted by Gasteiger charge is -2.32. The van der Waals surface area contributed by atoms with Gasteiger partial charge in [-0.1, -0.05) is 54.6 Å². The molecule has 4 nitrogen and oxygen atoms in total. The van der Waals surface area contributed by atoms with Crippen LogP contribution in [0, 0.1) is 5.92 Å². The molecule has 4 rings (SSSR count). The summed E-state index contributed by atoms with van der Waals surface area (Å²) in [7, 11) is 0. The molecule has 34 heavy (non-hydrogen) atoms. The lowest BCUT2D eigenvalue weighted by atomic mass is 9.90. The van der Waals surface area contributed by atoms with E-state index in [0.29, 0.717) is 12.1 Å². The summed E-state index contributed by atoms with van der Waals surface area (Å²) in [6.45, 7) is 7.75. The number of ether oxygens (including phenoxy) is 1. The molecule has 0 spiro atoms. The van der Waals surface area contributed by atoms with E-state index in [-0.39, 0.29) is 12.0 Å². The molecule has 178 valence electrons. The maximum absolute atomic E-state index is 12.6. The third-order valence-corrected chi connectivity index (χ3v) is 6.44. The van der Waals surface area contributed by atoms with Crippen molar-refractivity contribution in [2.24, 2.45) is 5.92 Å². The number of piperidine rings is 1. The first kappa shape index (κ1) is 24.0. The second-order valence-corrected chi connectivity index (χ2v) is 9.60.